The van der Waals surface area contributed by atoms with Gasteiger partial charge in [0, 0.05) is 36.4 Å². The molecule has 0 radical (unpaired) electrons. The minimum atomic E-state index is -3.33. The molecule has 2 heterocycles. The van der Waals surface area contributed by atoms with Crippen LogP contribution in [0.15, 0.2) is 24.4 Å². The van der Waals surface area contributed by atoms with Crippen molar-refractivity contribution in [3.05, 3.63) is 35.0 Å². The van der Waals surface area contributed by atoms with Crippen molar-refractivity contribution in [1.82, 2.24) is 14.3 Å². The van der Waals surface area contributed by atoms with E-state index in [0.717, 1.165) is 49.0 Å². The van der Waals surface area contributed by atoms with E-state index in [1.807, 2.05) is 25.1 Å². The van der Waals surface area contributed by atoms with Gasteiger partial charge in [-0.15, -0.1) is 0 Å². The van der Waals surface area contributed by atoms with Crippen LogP contribution in [-0.4, -0.2) is 53.5 Å². The molecule has 1 amide bonds. The van der Waals surface area contributed by atoms with Crippen LogP contribution in [0.5, 0.6) is 0 Å². The van der Waals surface area contributed by atoms with Gasteiger partial charge in [-0.05, 0) is 48.4 Å². The molecule has 11 heteroatoms. The first kappa shape index (κ1) is 26.6. The van der Waals surface area contributed by atoms with Gasteiger partial charge in [-0.25, -0.2) is 13.4 Å². The molecular formula is C25H35ClN6O3S. The molecule has 1 fully saturated rings. The van der Waals surface area contributed by atoms with Crippen LogP contribution in [0.4, 0.5) is 23.1 Å². The lowest BCUT2D eigenvalue weighted by atomic mass is 9.80. The van der Waals surface area contributed by atoms with Crippen molar-refractivity contribution in [2.24, 2.45) is 0 Å². The predicted molar refractivity (Wildman–Crippen MR) is 145 cm³/mol. The lowest BCUT2D eigenvalue weighted by Crippen LogP contribution is -2.50. The summed E-state index contributed by atoms with van der Waals surface area (Å²) in [6.45, 7) is 6.54. The number of fused-ring (bicyclic) bond motifs is 1. The summed E-state index contributed by atoms with van der Waals surface area (Å²) >= 11 is 6.45. The monoisotopic (exact) mass is 534 g/mol. The number of halogens is 1. The number of rotatable bonds is 7. The van der Waals surface area contributed by atoms with Gasteiger partial charge in [-0.3, -0.25) is 4.79 Å². The Bertz CT molecular complexity index is 1240. The molecule has 1 aromatic heterocycles. The number of carbonyl (C=O) groups excluding carboxylic acids is 1. The van der Waals surface area contributed by atoms with E-state index in [4.69, 9.17) is 11.6 Å². The van der Waals surface area contributed by atoms with Crippen LogP contribution in [-0.2, 0) is 20.2 Å². The van der Waals surface area contributed by atoms with Crippen molar-refractivity contribution >= 4 is 50.7 Å². The van der Waals surface area contributed by atoms with Crippen molar-refractivity contribution < 1.29 is 13.2 Å². The van der Waals surface area contributed by atoms with E-state index >= 15 is 0 Å². The number of hydrogen-bond acceptors (Lipinski definition) is 7. The van der Waals surface area contributed by atoms with E-state index < -0.39 is 10.0 Å². The zero-order valence-electron chi connectivity index (χ0n) is 21.3. The number of anilines is 4. The second kappa shape index (κ2) is 10.5. The molecule has 0 saturated heterocycles. The molecule has 4 rings (SSSR count). The first-order chi connectivity index (χ1) is 17.0. The number of amides is 1. The summed E-state index contributed by atoms with van der Waals surface area (Å²) in [6, 6.07) is 5.53. The average Bonchev–Trinajstić information content (AvgIpc) is 2.92. The van der Waals surface area contributed by atoms with Gasteiger partial charge >= 0.3 is 0 Å². The lowest BCUT2D eigenvalue weighted by molar-refractivity contribution is -0.116. The maximum atomic E-state index is 12.4. The smallest absolute Gasteiger partial charge is 0.229 e. The fourth-order valence-corrected chi connectivity index (χ4v) is 6.60. The quantitative estimate of drug-likeness (QED) is 0.463. The Morgan fingerprint density at radius 3 is 2.72 bits per heavy atom. The minimum Gasteiger partial charge on any atom is -0.364 e. The Hall–Kier alpha value is -2.43. The Kier molecular flexibility index (Phi) is 7.78. The standard InChI is InChI=1S/C25H35ClN6O3S/c1-5-32(36(4,34)35)21-9-7-6-8-20(21)30-23-18(26)15-27-24(31-23)28-16-10-11-19-17(14-16)25(2,3)13-12-22(33)29-19/h10-11,14-15,20-21H,5-9,12-13H2,1-4H3,(H,29,33)(H2,27,28,30,31)/t20-,21-/m1/s1. The number of benzene rings is 1. The molecule has 196 valence electrons. The van der Waals surface area contributed by atoms with Crippen molar-refractivity contribution in [2.75, 3.05) is 28.8 Å². The molecule has 0 unspecified atom stereocenters. The number of nitrogens with one attached hydrogen (secondary N) is 3. The Morgan fingerprint density at radius 2 is 2.00 bits per heavy atom. The Labute approximate surface area is 218 Å². The van der Waals surface area contributed by atoms with Gasteiger partial charge in [-0.2, -0.15) is 9.29 Å². The molecule has 0 spiro atoms. The zero-order chi connectivity index (χ0) is 26.1. The van der Waals surface area contributed by atoms with Crippen molar-refractivity contribution in [3.8, 4) is 0 Å². The van der Waals surface area contributed by atoms with E-state index in [2.05, 4.69) is 39.8 Å². The second-order valence-electron chi connectivity index (χ2n) is 10.3. The molecule has 2 aliphatic rings. The van der Waals surface area contributed by atoms with Crippen LogP contribution >= 0.6 is 11.6 Å². The number of hydrogen-bond donors (Lipinski definition) is 3. The number of sulfonamides is 1. The Morgan fingerprint density at radius 1 is 1.25 bits per heavy atom. The summed E-state index contributed by atoms with van der Waals surface area (Å²) < 4.78 is 26.3. The highest BCUT2D eigenvalue weighted by atomic mass is 35.5. The van der Waals surface area contributed by atoms with Crippen LogP contribution in [0.1, 0.15) is 64.9 Å². The first-order valence-electron chi connectivity index (χ1n) is 12.5. The summed E-state index contributed by atoms with van der Waals surface area (Å²) in [4.78, 5) is 21.0. The zero-order valence-corrected chi connectivity index (χ0v) is 22.8. The molecule has 2 atom stereocenters. The third kappa shape index (κ3) is 5.92. The summed E-state index contributed by atoms with van der Waals surface area (Å²) in [6.07, 6.45) is 7.63. The molecule has 0 bridgehead atoms. The molecule has 1 aliphatic carbocycles. The molecule has 3 N–H and O–H groups in total. The number of aromatic nitrogens is 2. The van der Waals surface area contributed by atoms with Gasteiger partial charge in [0.05, 0.1) is 12.5 Å². The highest BCUT2D eigenvalue weighted by molar-refractivity contribution is 7.88. The van der Waals surface area contributed by atoms with E-state index in [9.17, 15) is 13.2 Å². The molecule has 1 aromatic carbocycles. The number of nitrogens with zero attached hydrogens (tertiary/aromatic N) is 3. The van der Waals surface area contributed by atoms with Crippen molar-refractivity contribution in [2.45, 2.75) is 76.8 Å². The lowest BCUT2D eigenvalue weighted by Gasteiger charge is -2.38. The minimum absolute atomic E-state index is 0.0258. The fourth-order valence-electron chi connectivity index (χ4n) is 5.24. The highest BCUT2D eigenvalue weighted by Crippen LogP contribution is 2.38. The van der Waals surface area contributed by atoms with Crippen LogP contribution in [0.2, 0.25) is 5.02 Å². The maximum absolute atomic E-state index is 12.4. The van der Waals surface area contributed by atoms with Gasteiger partial charge in [0.25, 0.3) is 0 Å². The van der Waals surface area contributed by atoms with Crippen LogP contribution < -0.4 is 16.0 Å². The van der Waals surface area contributed by atoms with Crippen molar-refractivity contribution in [3.63, 3.8) is 0 Å². The fraction of sp³-hybridized carbons (Fsp3) is 0.560. The van der Waals surface area contributed by atoms with Gasteiger partial charge in [-0.1, -0.05) is 45.2 Å². The third-order valence-corrected chi connectivity index (χ3v) is 8.82. The van der Waals surface area contributed by atoms with Crippen LogP contribution in [0.25, 0.3) is 0 Å². The number of likely N-dealkylation sites (N-methyl/N-ethyl adjacent to an activating group) is 1. The maximum Gasteiger partial charge on any atom is 0.229 e. The van der Waals surface area contributed by atoms with Crippen LogP contribution in [0.3, 0.4) is 0 Å². The highest BCUT2D eigenvalue weighted by Gasteiger charge is 2.34. The number of carbonyl (C=O) groups is 1. The van der Waals surface area contributed by atoms with E-state index in [-0.39, 0.29) is 23.4 Å². The average molecular weight is 535 g/mol. The topological polar surface area (TPSA) is 116 Å². The largest absolute Gasteiger partial charge is 0.364 e. The van der Waals surface area contributed by atoms with Gasteiger partial charge < -0.3 is 16.0 Å². The SMILES string of the molecule is CCN([C@@H]1CCCC[C@H]1Nc1nc(Nc2ccc3c(c2)C(C)(C)CCC(=O)N3)ncc1Cl)S(C)(=O)=O. The Balaban J connectivity index is 1.57. The van der Waals surface area contributed by atoms with E-state index in [1.54, 1.807) is 10.5 Å². The third-order valence-electron chi connectivity index (χ3n) is 7.16. The molecule has 36 heavy (non-hydrogen) atoms. The van der Waals surface area contributed by atoms with Gasteiger partial charge in [0.15, 0.2) is 5.82 Å². The molecule has 2 aromatic rings. The van der Waals surface area contributed by atoms with Crippen molar-refractivity contribution in [1.29, 1.82) is 0 Å². The summed E-state index contributed by atoms with van der Waals surface area (Å²) in [5.74, 6) is 0.871. The van der Waals surface area contributed by atoms with E-state index in [0.29, 0.717) is 29.8 Å². The first-order valence-corrected chi connectivity index (χ1v) is 14.7. The van der Waals surface area contributed by atoms with Crippen LogP contribution in [0, 0.1) is 0 Å². The summed E-state index contributed by atoms with van der Waals surface area (Å²) in [7, 11) is -3.33. The second-order valence-corrected chi connectivity index (χ2v) is 12.6. The summed E-state index contributed by atoms with van der Waals surface area (Å²) in [5.41, 5.74) is 2.51. The molecule has 1 saturated carbocycles. The molecule has 1 aliphatic heterocycles. The normalized spacial score (nSPS) is 21.9. The predicted octanol–water partition coefficient (Wildman–Crippen LogP) is 4.89. The van der Waals surface area contributed by atoms with Gasteiger partial charge in [0.1, 0.15) is 5.02 Å². The molecule has 9 nitrogen and oxygen atoms in total. The summed E-state index contributed by atoms with van der Waals surface area (Å²) in [5, 5.41) is 10.0. The van der Waals surface area contributed by atoms with Gasteiger partial charge in [0.2, 0.25) is 21.9 Å². The molecular weight excluding hydrogens is 500 g/mol. The van der Waals surface area contributed by atoms with E-state index in [1.165, 1.54) is 6.26 Å².